The summed E-state index contributed by atoms with van der Waals surface area (Å²) in [5, 5.41) is 19.7. The minimum atomic E-state index is -3.66. The number of rotatable bonds is 17. The lowest BCUT2D eigenvalue weighted by molar-refractivity contribution is -0.0785. The number of ether oxygens (including phenoxy) is 5. The van der Waals surface area contributed by atoms with Crippen LogP contribution in [0.15, 0.2) is 84.3 Å². The molecule has 1 aromatic carbocycles. The number of sulfone groups is 1. The van der Waals surface area contributed by atoms with E-state index < -0.39 is 46.8 Å². The molecule has 1 aromatic rings. The molecule has 46 heavy (non-hydrogen) atoms. The van der Waals surface area contributed by atoms with Gasteiger partial charge in [0.1, 0.15) is 0 Å². The summed E-state index contributed by atoms with van der Waals surface area (Å²) < 4.78 is 57.6. The summed E-state index contributed by atoms with van der Waals surface area (Å²) in [4.78, 5) is 0.240. The predicted molar refractivity (Wildman–Crippen MR) is 177 cm³/mol. The quantitative estimate of drug-likeness (QED) is 0.183. The topological polar surface area (TPSA) is 121 Å². The number of hydrogen-bond acceptors (Lipinski definition) is 9. The first-order valence-electron chi connectivity index (χ1n) is 16.3. The van der Waals surface area contributed by atoms with Gasteiger partial charge in [-0.15, -0.1) is 6.58 Å². The van der Waals surface area contributed by atoms with Crippen LogP contribution in [0.3, 0.4) is 0 Å². The molecular formula is C36H52O9S. The van der Waals surface area contributed by atoms with Crippen molar-refractivity contribution in [2.24, 2.45) is 11.8 Å². The van der Waals surface area contributed by atoms with Gasteiger partial charge in [0.25, 0.3) is 0 Å². The van der Waals surface area contributed by atoms with E-state index in [1.165, 1.54) is 7.11 Å². The summed E-state index contributed by atoms with van der Waals surface area (Å²) in [6.45, 7) is 15.0. The lowest BCUT2D eigenvalue weighted by atomic mass is 9.83. The van der Waals surface area contributed by atoms with E-state index in [9.17, 15) is 18.6 Å². The Morgan fingerprint density at radius 2 is 1.83 bits per heavy atom. The average molecular weight is 661 g/mol. The second-order valence-corrected chi connectivity index (χ2v) is 14.8. The Hall–Kier alpha value is -2.15. The van der Waals surface area contributed by atoms with Crippen LogP contribution >= 0.6 is 0 Å². The maximum atomic E-state index is 13.5. The standard InChI is InChI=1S/C36H52O9S/c1-6-16-42-17-10-11-28-19-25(3)32(43-28)15-14-29-18-24(2)26(4)33(44-29)21-34-31(23-46(39,40)30-12-8-7-9-13-30)36(41-5)35(45-34)20-27(38)22-37/h6-13,24,27-29,31-38H,1,3-4,14-23H2,2,5H3/b11-10+/t24-,27+,28+,29+,31+,32?,33-,34?,35-,36-/m1/s1. The van der Waals surface area contributed by atoms with E-state index in [0.717, 1.165) is 36.8 Å². The van der Waals surface area contributed by atoms with Crippen LogP contribution in [0, 0.1) is 11.8 Å². The van der Waals surface area contributed by atoms with Crippen molar-refractivity contribution in [3.63, 3.8) is 0 Å². The van der Waals surface area contributed by atoms with E-state index >= 15 is 0 Å². The van der Waals surface area contributed by atoms with Gasteiger partial charge in [0.05, 0.1) is 79.3 Å². The van der Waals surface area contributed by atoms with Gasteiger partial charge >= 0.3 is 0 Å². The molecule has 0 amide bonds. The normalized spacial score (nSPS) is 32.7. The first kappa shape index (κ1) is 36.7. The zero-order valence-corrected chi connectivity index (χ0v) is 28.1. The van der Waals surface area contributed by atoms with E-state index in [1.807, 2.05) is 12.2 Å². The molecule has 10 atom stereocenters. The Labute approximate surface area is 274 Å². The molecule has 4 rings (SSSR count). The first-order chi connectivity index (χ1) is 22.1. The molecule has 3 aliphatic heterocycles. The average Bonchev–Trinajstić information content (AvgIpc) is 3.55. The maximum absolute atomic E-state index is 13.5. The van der Waals surface area contributed by atoms with Crippen molar-refractivity contribution in [3.05, 3.63) is 79.4 Å². The highest BCUT2D eigenvalue weighted by Crippen LogP contribution is 2.41. The van der Waals surface area contributed by atoms with Crippen molar-refractivity contribution in [1.29, 1.82) is 0 Å². The summed E-state index contributed by atoms with van der Waals surface area (Å²) >= 11 is 0. The Balaban J connectivity index is 1.42. The molecule has 3 fully saturated rings. The third-order valence-corrected chi connectivity index (χ3v) is 11.2. The van der Waals surface area contributed by atoms with Gasteiger partial charge in [-0.25, -0.2) is 8.42 Å². The molecule has 2 unspecified atom stereocenters. The number of benzene rings is 1. The van der Waals surface area contributed by atoms with Crippen LogP contribution in [0.5, 0.6) is 0 Å². The summed E-state index contributed by atoms with van der Waals surface area (Å²) in [5.74, 6) is -0.484. The van der Waals surface area contributed by atoms with E-state index in [-0.39, 0.29) is 47.4 Å². The van der Waals surface area contributed by atoms with Crippen molar-refractivity contribution >= 4 is 9.84 Å². The number of aliphatic hydroxyl groups excluding tert-OH is 2. The highest BCUT2D eigenvalue weighted by atomic mass is 32.2. The summed E-state index contributed by atoms with van der Waals surface area (Å²) in [6, 6.07) is 8.37. The minimum absolute atomic E-state index is 0.0156. The first-order valence-corrected chi connectivity index (χ1v) is 18.0. The molecule has 0 aromatic heterocycles. The monoisotopic (exact) mass is 660 g/mol. The fourth-order valence-corrected chi connectivity index (χ4v) is 8.57. The van der Waals surface area contributed by atoms with Crippen molar-refractivity contribution in [3.8, 4) is 0 Å². The third kappa shape index (κ3) is 9.70. The molecule has 3 aliphatic rings. The molecule has 3 saturated heterocycles. The highest BCUT2D eigenvalue weighted by molar-refractivity contribution is 7.91. The molecule has 0 bridgehead atoms. The number of hydrogen-bond donors (Lipinski definition) is 2. The van der Waals surface area contributed by atoms with Crippen LogP contribution in [0.1, 0.15) is 45.4 Å². The van der Waals surface area contributed by atoms with Crippen molar-refractivity contribution < 1.29 is 42.3 Å². The van der Waals surface area contributed by atoms with Gasteiger partial charge in [0.2, 0.25) is 0 Å². The third-order valence-electron chi connectivity index (χ3n) is 9.39. The van der Waals surface area contributed by atoms with Gasteiger partial charge in [0, 0.05) is 32.3 Å². The van der Waals surface area contributed by atoms with Gasteiger partial charge in [0.15, 0.2) is 9.84 Å². The van der Waals surface area contributed by atoms with E-state index in [2.05, 4.69) is 26.7 Å². The number of aliphatic hydroxyl groups is 2. The molecule has 10 heteroatoms. The Kier molecular flexibility index (Phi) is 13.8. The molecule has 0 saturated carbocycles. The van der Waals surface area contributed by atoms with Crippen LogP contribution in [0.2, 0.25) is 0 Å². The lowest BCUT2D eigenvalue weighted by Crippen LogP contribution is -2.40. The van der Waals surface area contributed by atoms with Crippen molar-refractivity contribution in [2.45, 2.75) is 99.2 Å². The minimum Gasteiger partial charge on any atom is -0.394 e. The van der Waals surface area contributed by atoms with Crippen LogP contribution in [-0.4, -0.2) is 100 Å². The largest absolute Gasteiger partial charge is 0.394 e. The van der Waals surface area contributed by atoms with Crippen molar-refractivity contribution in [2.75, 3.05) is 32.7 Å². The molecule has 0 spiro atoms. The van der Waals surface area contributed by atoms with Crippen LogP contribution < -0.4 is 0 Å². The molecule has 0 aliphatic carbocycles. The molecular weight excluding hydrogens is 608 g/mol. The predicted octanol–water partition coefficient (Wildman–Crippen LogP) is 4.59. The maximum Gasteiger partial charge on any atom is 0.178 e. The van der Waals surface area contributed by atoms with Gasteiger partial charge in [-0.1, -0.05) is 56.5 Å². The smallest absolute Gasteiger partial charge is 0.178 e. The van der Waals surface area contributed by atoms with Gasteiger partial charge in [-0.05, 0) is 48.5 Å². The molecule has 0 radical (unpaired) electrons. The van der Waals surface area contributed by atoms with Crippen LogP contribution in [-0.2, 0) is 33.5 Å². The summed E-state index contributed by atoms with van der Waals surface area (Å²) in [7, 11) is -2.14. The van der Waals surface area contributed by atoms with E-state index in [1.54, 1.807) is 36.4 Å². The van der Waals surface area contributed by atoms with E-state index in [0.29, 0.717) is 19.6 Å². The molecule has 256 valence electrons. The van der Waals surface area contributed by atoms with Crippen LogP contribution in [0.25, 0.3) is 0 Å². The fourth-order valence-electron chi connectivity index (χ4n) is 6.90. The second kappa shape index (κ2) is 17.3. The highest BCUT2D eigenvalue weighted by Gasteiger charge is 2.49. The fraction of sp³-hybridized carbons (Fsp3) is 0.611. The lowest BCUT2D eigenvalue weighted by Gasteiger charge is -2.38. The second-order valence-electron chi connectivity index (χ2n) is 12.8. The van der Waals surface area contributed by atoms with Crippen molar-refractivity contribution in [1.82, 2.24) is 0 Å². The molecule has 2 N–H and O–H groups in total. The summed E-state index contributed by atoms with van der Waals surface area (Å²) in [6.07, 6.45) is 6.34. The molecule has 9 nitrogen and oxygen atoms in total. The summed E-state index contributed by atoms with van der Waals surface area (Å²) in [5.41, 5.74) is 2.04. The zero-order chi connectivity index (χ0) is 33.3. The van der Waals surface area contributed by atoms with Gasteiger partial charge in [-0.3, -0.25) is 0 Å². The van der Waals surface area contributed by atoms with Gasteiger partial charge < -0.3 is 33.9 Å². The Morgan fingerprint density at radius 1 is 1.07 bits per heavy atom. The van der Waals surface area contributed by atoms with Gasteiger partial charge in [-0.2, -0.15) is 0 Å². The van der Waals surface area contributed by atoms with Crippen LogP contribution in [0.4, 0.5) is 0 Å². The Morgan fingerprint density at radius 3 is 2.52 bits per heavy atom. The molecule has 3 heterocycles. The van der Waals surface area contributed by atoms with E-state index in [4.69, 9.17) is 23.7 Å². The zero-order valence-electron chi connectivity index (χ0n) is 27.2. The number of methoxy groups -OCH3 is 1. The Bertz CT molecular complexity index is 1280. The SMILES string of the molecule is C=CCOC/C=C/[C@H]1CC(=C)C(CC[C@H]2C[C@@H](C)C(=C)[C@@H](CC3O[C@H](C[C@H](O)CO)[C@H](OC)[C@H]3CS(=O)(=O)c3ccccc3)O2)O1.